The molecule has 7 nitrogen and oxygen atoms in total. The number of carbonyl (C=O) groups excluding carboxylic acids is 2. The lowest BCUT2D eigenvalue weighted by molar-refractivity contribution is -0.141. The van der Waals surface area contributed by atoms with E-state index in [-0.39, 0.29) is 29.5 Å². The van der Waals surface area contributed by atoms with Crippen molar-refractivity contribution in [3.8, 4) is 0 Å². The summed E-state index contributed by atoms with van der Waals surface area (Å²) in [5.74, 6) is -1.54. The number of nitrogens with zero attached hydrogens (tertiary/aromatic N) is 2. The molecule has 0 aliphatic heterocycles. The lowest BCUT2D eigenvalue weighted by Gasteiger charge is -2.35. The smallest absolute Gasteiger partial charge is 0.264 e. The van der Waals surface area contributed by atoms with Gasteiger partial charge in [0, 0.05) is 17.1 Å². The zero-order chi connectivity index (χ0) is 28.8. The van der Waals surface area contributed by atoms with Crippen molar-refractivity contribution in [1.82, 2.24) is 10.2 Å². The number of anilines is 1. The molecule has 0 radical (unpaired) electrons. The highest BCUT2D eigenvalue weighted by Gasteiger charge is 2.34. The van der Waals surface area contributed by atoms with Gasteiger partial charge >= 0.3 is 0 Å². The molecule has 208 valence electrons. The average Bonchev–Trinajstić information content (AvgIpc) is 2.88. The molecule has 0 saturated heterocycles. The van der Waals surface area contributed by atoms with Crippen LogP contribution in [0.1, 0.15) is 39.7 Å². The van der Waals surface area contributed by atoms with Crippen LogP contribution in [0.15, 0.2) is 83.8 Å². The molecule has 0 aliphatic rings. The van der Waals surface area contributed by atoms with Gasteiger partial charge in [0.15, 0.2) is 0 Å². The predicted octanol–water partition coefficient (Wildman–Crippen LogP) is 5.40. The van der Waals surface area contributed by atoms with E-state index in [1.165, 1.54) is 29.2 Å². The van der Waals surface area contributed by atoms with Gasteiger partial charge in [-0.1, -0.05) is 54.9 Å². The topological polar surface area (TPSA) is 86.8 Å². The molecule has 1 N–H and O–H groups in total. The summed E-state index contributed by atoms with van der Waals surface area (Å²) in [6, 6.07) is 18.6. The van der Waals surface area contributed by atoms with Crippen LogP contribution in [0, 0.1) is 5.82 Å². The quantitative estimate of drug-likeness (QED) is 0.352. The molecule has 2 amide bonds. The van der Waals surface area contributed by atoms with Crippen molar-refractivity contribution in [3.63, 3.8) is 0 Å². The molecule has 0 saturated carbocycles. The normalized spacial score (nSPS) is 12.5. The van der Waals surface area contributed by atoms with E-state index < -0.39 is 39.9 Å². The van der Waals surface area contributed by atoms with E-state index >= 15 is 0 Å². The minimum Gasteiger partial charge on any atom is -0.350 e. The summed E-state index contributed by atoms with van der Waals surface area (Å²) in [5.41, 5.74) is 0.160. The Balaban J connectivity index is 2.07. The summed E-state index contributed by atoms with van der Waals surface area (Å²) in [7, 11) is -4.22. The van der Waals surface area contributed by atoms with E-state index in [0.717, 1.165) is 16.4 Å². The minimum atomic E-state index is -4.22. The fourth-order valence-electron chi connectivity index (χ4n) is 4.04. The molecule has 3 aromatic rings. The van der Waals surface area contributed by atoms with Gasteiger partial charge in [-0.25, -0.2) is 12.8 Å². The van der Waals surface area contributed by atoms with Crippen LogP contribution in [0.25, 0.3) is 0 Å². The first-order valence-corrected chi connectivity index (χ1v) is 14.3. The number of carbonyl (C=O) groups is 2. The van der Waals surface area contributed by atoms with Crippen molar-refractivity contribution in [2.45, 2.75) is 57.1 Å². The average molecular weight is 574 g/mol. The third-order valence-corrected chi connectivity index (χ3v) is 8.06. The summed E-state index contributed by atoms with van der Waals surface area (Å²) in [4.78, 5) is 28.6. The molecule has 1 atom stereocenters. The number of hydrogen-bond acceptors (Lipinski definition) is 4. The predicted molar refractivity (Wildman–Crippen MR) is 151 cm³/mol. The Hall–Kier alpha value is -3.43. The molecule has 0 bridgehead atoms. The van der Waals surface area contributed by atoms with E-state index in [1.54, 1.807) is 49.4 Å². The monoisotopic (exact) mass is 573 g/mol. The van der Waals surface area contributed by atoms with Crippen molar-refractivity contribution in [2.75, 3.05) is 10.8 Å². The number of hydrogen-bond donors (Lipinski definition) is 1. The second-order valence-electron chi connectivity index (χ2n) is 10.1. The largest absolute Gasteiger partial charge is 0.350 e. The van der Waals surface area contributed by atoms with Gasteiger partial charge in [-0.05, 0) is 75.2 Å². The van der Waals surface area contributed by atoms with Gasteiger partial charge in [0.2, 0.25) is 11.8 Å². The first-order valence-electron chi connectivity index (χ1n) is 12.5. The van der Waals surface area contributed by atoms with E-state index in [2.05, 4.69) is 5.32 Å². The van der Waals surface area contributed by atoms with Crippen molar-refractivity contribution in [1.29, 1.82) is 0 Å². The van der Waals surface area contributed by atoms with E-state index in [1.807, 2.05) is 20.8 Å². The number of benzene rings is 3. The Morgan fingerprint density at radius 3 is 2.10 bits per heavy atom. The molecule has 0 spiro atoms. The van der Waals surface area contributed by atoms with E-state index in [4.69, 9.17) is 11.6 Å². The van der Waals surface area contributed by atoms with Crippen molar-refractivity contribution < 1.29 is 22.4 Å². The zero-order valence-corrected chi connectivity index (χ0v) is 24.0. The number of nitrogens with one attached hydrogen (secondary N) is 1. The van der Waals surface area contributed by atoms with E-state index in [0.29, 0.717) is 10.6 Å². The van der Waals surface area contributed by atoms with Gasteiger partial charge < -0.3 is 10.2 Å². The second kappa shape index (κ2) is 12.6. The fraction of sp³-hybridized carbons (Fsp3) is 0.310. The lowest BCUT2D eigenvalue weighted by Crippen LogP contribution is -2.55. The maximum Gasteiger partial charge on any atom is 0.264 e. The number of halogens is 2. The van der Waals surface area contributed by atoms with Crippen LogP contribution in [0.3, 0.4) is 0 Å². The van der Waals surface area contributed by atoms with Gasteiger partial charge in [-0.15, -0.1) is 0 Å². The fourth-order valence-corrected chi connectivity index (χ4v) is 5.67. The zero-order valence-electron chi connectivity index (χ0n) is 22.4. The molecule has 0 fully saturated rings. The van der Waals surface area contributed by atoms with Crippen LogP contribution in [0.2, 0.25) is 5.02 Å². The molecule has 39 heavy (non-hydrogen) atoms. The third-order valence-electron chi connectivity index (χ3n) is 5.91. The maximum absolute atomic E-state index is 14.0. The highest BCUT2D eigenvalue weighted by Crippen LogP contribution is 2.26. The van der Waals surface area contributed by atoms with Gasteiger partial charge in [-0.2, -0.15) is 0 Å². The van der Waals surface area contributed by atoms with Crippen LogP contribution in [-0.2, 0) is 26.2 Å². The summed E-state index contributed by atoms with van der Waals surface area (Å²) < 4.78 is 42.1. The van der Waals surface area contributed by atoms with Crippen molar-refractivity contribution >= 4 is 39.1 Å². The minimum absolute atomic E-state index is 0.0166. The number of rotatable bonds is 10. The molecule has 3 aromatic carbocycles. The highest BCUT2D eigenvalue weighted by molar-refractivity contribution is 7.92. The molecule has 3 rings (SSSR count). The molecule has 10 heteroatoms. The standard InChI is InChI=1S/C29H33ClFN3O4S/c1-5-26(28(36)32-29(2,3)4)33(19-21-11-9-10-14-25(21)30)27(35)20-34(23-17-15-22(31)16-18-23)39(37,38)24-12-7-6-8-13-24/h6-18,26H,5,19-20H2,1-4H3,(H,32,36)/t26-/m1/s1. The molecular weight excluding hydrogens is 541 g/mol. The second-order valence-corrected chi connectivity index (χ2v) is 12.3. The van der Waals surface area contributed by atoms with Crippen molar-refractivity contribution in [3.05, 3.63) is 95.3 Å². The Morgan fingerprint density at radius 2 is 1.54 bits per heavy atom. The van der Waals surface area contributed by atoms with Gasteiger partial charge in [-0.3, -0.25) is 13.9 Å². The Kier molecular flexibility index (Phi) is 9.74. The summed E-state index contributed by atoms with van der Waals surface area (Å²) in [6.45, 7) is 6.64. The van der Waals surface area contributed by atoms with Gasteiger partial charge in [0.05, 0.1) is 10.6 Å². The van der Waals surface area contributed by atoms with Crippen molar-refractivity contribution in [2.24, 2.45) is 0 Å². The number of sulfonamides is 1. The third kappa shape index (κ3) is 7.80. The number of amides is 2. The summed E-state index contributed by atoms with van der Waals surface area (Å²) in [6.07, 6.45) is 0.278. The highest BCUT2D eigenvalue weighted by atomic mass is 35.5. The molecule has 0 aromatic heterocycles. The van der Waals surface area contributed by atoms with Crippen LogP contribution >= 0.6 is 11.6 Å². The van der Waals surface area contributed by atoms with Crippen LogP contribution in [0.4, 0.5) is 10.1 Å². The Bertz CT molecular complexity index is 1390. The van der Waals surface area contributed by atoms with Gasteiger partial charge in [0.25, 0.3) is 10.0 Å². The first kappa shape index (κ1) is 30.1. The maximum atomic E-state index is 14.0. The molecule has 0 aliphatic carbocycles. The first-order chi connectivity index (χ1) is 18.3. The molecule has 0 heterocycles. The van der Waals surface area contributed by atoms with Crippen LogP contribution in [0.5, 0.6) is 0 Å². The van der Waals surface area contributed by atoms with Gasteiger partial charge in [0.1, 0.15) is 18.4 Å². The lowest BCUT2D eigenvalue weighted by atomic mass is 10.1. The molecule has 0 unspecified atom stereocenters. The Morgan fingerprint density at radius 1 is 0.949 bits per heavy atom. The van der Waals surface area contributed by atoms with E-state index in [9.17, 15) is 22.4 Å². The summed E-state index contributed by atoms with van der Waals surface area (Å²) in [5, 5.41) is 3.32. The molecular formula is C29H33ClFN3O4S. The summed E-state index contributed by atoms with van der Waals surface area (Å²) >= 11 is 6.40. The van der Waals surface area contributed by atoms with Crippen LogP contribution in [-0.4, -0.2) is 43.3 Å². The van der Waals surface area contributed by atoms with Crippen LogP contribution < -0.4 is 9.62 Å². The Labute approximate surface area is 234 Å². The SMILES string of the molecule is CC[C@H](C(=O)NC(C)(C)C)N(Cc1ccccc1Cl)C(=O)CN(c1ccc(F)cc1)S(=O)(=O)c1ccccc1.